The molecular formula is C15H23ClN2O. The van der Waals surface area contributed by atoms with Crippen molar-refractivity contribution in [3.8, 4) is 5.75 Å². The summed E-state index contributed by atoms with van der Waals surface area (Å²) in [5, 5.41) is 10.7. The van der Waals surface area contributed by atoms with Crippen molar-refractivity contribution in [2.24, 2.45) is 5.92 Å². The maximum absolute atomic E-state index is 10.0. The summed E-state index contributed by atoms with van der Waals surface area (Å²) in [4.78, 5) is 4.70. The first-order valence-corrected chi connectivity index (χ1v) is 7.17. The van der Waals surface area contributed by atoms with E-state index in [2.05, 4.69) is 37.7 Å². The molecule has 2 rings (SSSR count). The molecule has 3 nitrogen and oxygen atoms in total. The van der Waals surface area contributed by atoms with Crippen molar-refractivity contribution >= 4 is 11.6 Å². The van der Waals surface area contributed by atoms with Gasteiger partial charge in [-0.3, -0.25) is 4.90 Å². The summed E-state index contributed by atoms with van der Waals surface area (Å²) < 4.78 is 0. The molecule has 0 amide bonds. The van der Waals surface area contributed by atoms with E-state index in [1.807, 2.05) is 6.07 Å². The summed E-state index contributed by atoms with van der Waals surface area (Å²) >= 11 is 6.04. The lowest BCUT2D eigenvalue weighted by Gasteiger charge is -2.26. The number of phenolic OH excluding ortho intramolecular Hbond substituents is 1. The van der Waals surface area contributed by atoms with Gasteiger partial charge in [0, 0.05) is 35.8 Å². The second-order valence-corrected chi connectivity index (χ2v) is 6.28. The van der Waals surface area contributed by atoms with Gasteiger partial charge in [0.1, 0.15) is 5.75 Å². The van der Waals surface area contributed by atoms with Crippen molar-refractivity contribution in [1.29, 1.82) is 0 Å². The molecule has 1 aromatic carbocycles. The number of likely N-dealkylation sites (tertiary alicyclic amines) is 1. The number of phenols is 1. The summed E-state index contributed by atoms with van der Waals surface area (Å²) in [6, 6.07) is 6.03. The Balaban J connectivity index is 2.17. The Bertz CT molecular complexity index is 450. The van der Waals surface area contributed by atoms with Crippen LogP contribution in [0.3, 0.4) is 0 Å². The van der Waals surface area contributed by atoms with Crippen LogP contribution in [0, 0.1) is 5.92 Å². The second kappa shape index (κ2) is 5.70. The van der Waals surface area contributed by atoms with Gasteiger partial charge >= 0.3 is 0 Å². The van der Waals surface area contributed by atoms with Gasteiger partial charge in [0.2, 0.25) is 0 Å². The standard InChI is InChI=1S/C15H23ClN2O/c1-10-8-18(9-14(10)17(3)4)11(2)13-7-12(16)5-6-15(13)19/h5-7,10-11,14,19H,8-9H2,1-4H3. The molecule has 3 unspecified atom stereocenters. The fraction of sp³-hybridized carbons (Fsp3) is 0.600. The lowest BCUT2D eigenvalue weighted by molar-refractivity contribution is 0.224. The number of likely N-dealkylation sites (N-methyl/N-ethyl adjacent to an activating group) is 1. The zero-order valence-corrected chi connectivity index (χ0v) is 12.9. The molecule has 0 saturated carbocycles. The van der Waals surface area contributed by atoms with Crippen molar-refractivity contribution in [3.63, 3.8) is 0 Å². The number of halogens is 1. The molecular weight excluding hydrogens is 260 g/mol. The molecule has 1 fully saturated rings. The summed E-state index contributed by atoms with van der Waals surface area (Å²) in [6.07, 6.45) is 0. The van der Waals surface area contributed by atoms with Crippen LogP contribution in [0.25, 0.3) is 0 Å². The maximum Gasteiger partial charge on any atom is 0.120 e. The summed E-state index contributed by atoms with van der Waals surface area (Å²) in [7, 11) is 4.26. The molecule has 1 N–H and O–H groups in total. The molecule has 1 heterocycles. The maximum atomic E-state index is 10.0. The number of benzene rings is 1. The molecule has 1 aliphatic heterocycles. The lowest BCUT2D eigenvalue weighted by atomic mass is 10.1. The summed E-state index contributed by atoms with van der Waals surface area (Å²) in [6.45, 7) is 6.50. The zero-order chi connectivity index (χ0) is 14.2. The number of nitrogens with zero attached hydrogens (tertiary/aromatic N) is 2. The van der Waals surface area contributed by atoms with Gasteiger partial charge in [-0.1, -0.05) is 18.5 Å². The third kappa shape index (κ3) is 3.04. The predicted molar refractivity (Wildman–Crippen MR) is 79.7 cm³/mol. The van der Waals surface area contributed by atoms with Crippen molar-refractivity contribution in [2.75, 3.05) is 27.2 Å². The Morgan fingerprint density at radius 2 is 2.05 bits per heavy atom. The van der Waals surface area contributed by atoms with E-state index in [1.165, 1.54) is 0 Å². The van der Waals surface area contributed by atoms with E-state index in [4.69, 9.17) is 11.6 Å². The quantitative estimate of drug-likeness (QED) is 0.923. The van der Waals surface area contributed by atoms with E-state index in [-0.39, 0.29) is 6.04 Å². The topological polar surface area (TPSA) is 26.7 Å². The van der Waals surface area contributed by atoms with Gasteiger partial charge in [0.25, 0.3) is 0 Å². The van der Waals surface area contributed by atoms with Gasteiger partial charge in [0.15, 0.2) is 0 Å². The third-order valence-electron chi connectivity index (χ3n) is 4.25. The van der Waals surface area contributed by atoms with E-state index in [1.54, 1.807) is 12.1 Å². The molecule has 1 saturated heterocycles. The Kier molecular flexibility index (Phi) is 4.39. The fourth-order valence-corrected chi connectivity index (χ4v) is 3.21. The molecule has 0 spiro atoms. The van der Waals surface area contributed by atoms with Gasteiger partial charge in [0.05, 0.1) is 0 Å². The van der Waals surface area contributed by atoms with E-state index in [9.17, 15) is 5.11 Å². The summed E-state index contributed by atoms with van der Waals surface area (Å²) in [5.74, 6) is 0.969. The van der Waals surface area contributed by atoms with Gasteiger partial charge in [-0.15, -0.1) is 0 Å². The van der Waals surface area contributed by atoms with Crippen molar-refractivity contribution in [1.82, 2.24) is 9.80 Å². The average Bonchev–Trinajstić information content (AvgIpc) is 2.74. The molecule has 0 radical (unpaired) electrons. The molecule has 106 valence electrons. The van der Waals surface area contributed by atoms with E-state index in [0.29, 0.717) is 22.7 Å². The Morgan fingerprint density at radius 1 is 1.37 bits per heavy atom. The van der Waals surface area contributed by atoms with Crippen LogP contribution in [0.4, 0.5) is 0 Å². The largest absolute Gasteiger partial charge is 0.508 e. The van der Waals surface area contributed by atoms with Crippen LogP contribution in [0.1, 0.15) is 25.5 Å². The number of hydrogen-bond donors (Lipinski definition) is 1. The average molecular weight is 283 g/mol. The first-order valence-electron chi connectivity index (χ1n) is 6.79. The Hall–Kier alpha value is -0.770. The predicted octanol–water partition coefficient (Wildman–Crippen LogP) is 2.99. The molecule has 0 aliphatic carbocycles. The monoisotopic (exact) mass is 282 g/mol. The first-order chi connectivity index (χ1) is 8.90. The highest BCUT2D eigenvalue weighted by Gasteiger charge is 2.34. The number of hydrogen-bond acceptors (Lipinski definition) is 3. The molecule has 19 heavy (non-hydrogen) atoms. The van der Waals surface area contributed by atoms with Crippen molar-refractivity contribution in [3.05, 3.63) is 28.8 Å². The van der Waals surface area contributed by atoms with E-state index < -0.39 is 0 Å². The molecule has 0 bridgehead atoms. The summed E-state index contributed by atoms with van der Waals surface area (Å²) in [5.41, 5.74) is 0.916. The van der Waals surface area contributed by atoms with Gasteiger partial charge in [-0.25, -0.2) is 0 Å². The second-order valence-electron chi connectivity index (χ2n) is 5.84. The van der Waals surface area contributed by atoms with Crippen LogP contribution in [0.5, 0.6) is 5.75 Å². The number of aromatic hydroxyl groups is 1. The Labute approximate surface area is 120 Å². The first kappa shape index (κ1) is 14.6. The van der Waals surface area contributed by atoms with Crippen molar-refractivity contribution < 1.29 is 5.11 Å². The zero-order valence-electron chi connectivity index (χ0n) is 12.1. The lowest BCUT2D eigenvalue weighted by Crippen LogP contribution is -2.34. The van der Waals surface area contributed by atoms with Crippen LogP contribution in [0.2, 0.25) is 5.02 Å². The minimum Gasteiger partial charge on any atom is -0.508 e. The fourth-order valence-electron chi connectivity index (χ4n) is 3.03. The van der Waals surface area contributed by atoms with E-state index in [0.717, 1.165) is 18.7 Å². The van der Waals surface area contributed by atoms with Crippen LogP contribution in [0.15, 0.2) is 18.2 Å². The van der Waals surface area contributed by atoms with Crippen LogP contribution in [-0.2, 0) is 0 Å². The smallest absolute Gasteiger partial charge is 0.120 e. The van der Waals surface area contributed by atoms with E-state index >= 15 is 0 Å². The molecule has 3 atom stereocenters. The SMILES string of the molecule is CC1CN(C(C)c2cc(Cl)ccc2O)CC1N(C)C. The number of rotatable bonds is 3. The highest BCUT2D eigenvalue weighted by molar-refractivity contribution is 6.30. The minimum atomic E-state index is 0.186. The molecule has 1 aliphatic rings. The van der Waals surface area contributed by atoms with Gasteiger partial charge < -0.3 is 10.0 Å². The third-order valence-corrected chi connectivity index (χ3v) is 4.49. The van der Waals surface area contributed by atoms with Gasteiger partial charge in [-0.2, -0.15) is 0 Å². The minimum absolute atomic E-state index is 0.186. The highest BCUT2D eigenvalue weighted by Crippen LogP contribution is 2.34. The highest BCUT2D eigenvalue weighted by atomic mass is 35.5. The van der Waals surface area contributed by atoms with Gasteiger partial charge in [-0.05, 0) is 45.1 Å². The van der Waals surface area contributed by atoms with Crippen LogP contribution in [-0.4, -0.2) is 48.1 Å². The van der Waals surface area contributed by atoms with Crippen LogP contribution >= 0.6 is 11.6 Å². The van der Waals surface area contributed by atoms with Crippen LogP contribution < -0.4 is 0 Å². The van der Waals surface area contributed by atoms with Crippen molar-refractivity contribution in [2.45, 2.75) is 25.9 Å². The Morgan fingerprint density at radius 3 is 2.63 bits per heavy atom. The molecule has 4 heteroatoms. The normalized spacial score (nSPS) is 26.0. The molecule has 1 aromatic rings. The molecule has 0 aromatic heterocycles.